The highest BCUT2D eigenvalue weighted by molar-refractivity contribution is 6.04. The highest BCUT2D eigenvalue weighted by Crippen LogP contribution is 2.64. The maximum atomic E-state index is 3.82. The summed E-state index contributed by atoms with van der Waals surface area (Å²) in [5, 5.41) is 6.42. The molecule has 0 fully saturated rings. The van der Waals surface area contributed by atoms with Gasteiger partial charge in [0.15, 0.2) is 0 Å². The van der Waals surface area contributed by atoms with Gasteiger partial charge in [0.25, 0.3) is 0 Å². The normalized spacial score (nSPS) is 15.7. The Hall–Kier alpha value is -5.40. The van der Waals surface area contributed by atoms with E-state index in [1.807, 2.05) is 0 Å². The molecule has 0 amide bonds. The minimum Gasteiger partial charge on any atom is -0.355 e. The molecule has 196 valence electrons. The minimum atomic E-state index is -0.393. The van der Waals surface area contributed by atoms with E-state index in [-0.39, 0.29) is 0 Å². The minimum absolute atomic E-state index is 0.393. The molecule has 0 bridgehead atoms. The van der Waals surface area contributed by atoms with Gasteiger partial charge in [-0.05, 0) is 79.0 Å². The molecule has 0 saturated heterocycles. The van der Waals surface area contributed by atoms with E-state index in [2.05, 4.69) is 163 Å². The second-order valence-electron chi connectivity index (χ2n) is 11.3. The molecular weight excluding hydrogens is 506 g/mol. The summed E-state index contributed by atoms with van der Waals surface area (Å²) in [6, 6.07) is 57.7. The van der Waals surface area contributed by atoms with Gasteiger partial charge in [0.05, 0.1) is 5.41 Å². The number of benzene rings is 7. The molecule has 9 rings (SSSR count). The molecule has 0 heterocycles. The highest BCUT2D eigenvalue weighted by Gasteiger charge is 2.52. The van der Waals surface area contributed by atoms with Gasteiger partial charge in [0.1, 0.15) is 0 Å². The van der Waals surface area contributed by atoms with Crippen LogP contribution in [0.1, 0.15) is 22.3 Å². The van der Waals surface area contributed by atoms with Crippen molar-refractivity contribution >= 4 is 22.1 Å². The van der Waals surface area contributed by atoms with Crippen LogP contribution in [0.4, 0.5) is 11.4 Å². The molecule has 1 N–H and O–H groups in total. The maximum Gasteiger partial charge on any atom is 0.0732 e. The summed E-state index contributed by atoms with van der Waals surface area (Å²) in [5.74, 6) is 0. The van der Waals surface area contributed by atoms with Crippen LogP contribution in [0.2, 0.25) is 0 Å². The molecule has 1 heteroatoms. The summed E-state index contributed by atoms with van der Waals surface area (Å²) < 4.78 is 0. The molecule has 1 atom stereocenters. The Labute approximate surface area is 245 Å². The standard InChI is InChI=1S/C41H27N/c1-2-12-27(13-3-1)30-15-8-11-21-39(30)42-29-23-25-34-32-17-6-9-19-36(32)41(38(34)26-29)37-20-10-7-18-33(37)35-24-22-28-14-4-5-16-31(28)40(35)41/h1-26,42H. The predicted molar refractivity (Wildman–Crippen MR) is 175 cm³/mol. The smallest absolute Gasteiger partial charge is 0.0732 e. The Bertz CT molecular complexity index is 2160. The SMILES string of the molecule is c1ccc(-c2ccccc2Nc2ccc3c(c2)C2(c4ccccc4-3)c3ccccc3-c3ccc4ccccc4c32)cc1. The quantitative estimate of drug-likeness (QED) is 0.238. The molecule has 2 aliphatic rings. The van der Waals surface area contributed by atoms with Gasteiger partial charge in [-0.2, -0.15) is 0 Å². The lowest BCUT2D eigenvalue weighted by Gasteiger charge is -2.31. The van der Waals surface area contributed by atoms with Crippen LogP contribution < -0.4 is 5.32 Å². The van der Waals surface area contributed by atoms with Crippen molar-refractivity contribution in [1.82, 2.24) is 0 Å². The van der Waals surface area contributed by atoms with Crippen LogP contribution in [0, 0.1) is 0 Å². The number of hydrogen-bond acceptors (Lipinski definition) is 1. The molecule has 2 aliphatic carbocycles. The predicted octanol–water partition coefficient (Wildman–Crippen LogP) is 10.6. The van der Waals surface area contributed by atoms with Gasteiger partial charge in [0.2, 0.25) is 0 Å². The Balaban J connectivity index is 1.32. The van der Waals surface area contributed by atoms with Gasteiger partial charge in [-0.15, -0.1) is 0 Å². The average Bonchev–Trinajstić information content (AvgIpc) is 3.52. The third kappa shape index (κ3) is 3.08. The van der Waals surface area contributed by atoms with Crippen molar-refractivity contribution in [2.24, 2.45) is 0 Å². The van der Waals surface area contributed by atoms with Crippen molar-refractivity contribution in [2.45, 2.75) is 5.41 Å². The van der Waals surface area contributed by atoms with E-state index >= 15 is 0 Å². The molecule has 7 aromatic carbocycles. The molecule has 0 radical (unpaired) electrons. The number of nitrogens with one attached hydrogen (secondary N) is 1. The summed E-state index contributed by atoms with van der Waals surface area (Å²) in [7, 11) is 0. The second-order valence-corrected chi connectivity index (χ2v) is 11.3. The molecule has 7 aromatic rings. The first-order valence-electron chi connectivity index (χ1n) is 14.6. The Morgan fingerprint density at radius 2 is 1.00 bits per heavy atom. The third-order valence-corrected chi connectivity index (χ3v) is 9.26. The van der Waals surface area contributed by atoms with Crippen LogP contribution in [0.25, 0.3) is 44.2 Å². The Morgan fingerprint density at radius 3 is 1.81 bits per heavy atom. The van der Waals surface area contributed by atoms with Crippen molar-refractivity contribution in [1.29, 1.82) is 0 Å². The second kappa shape index (κ2) is 8.80. The zero-order valence-corrected chi connectivity index (χ0v) is 23.0. The molecule has 1 spiro atoms. The summed E-state index contributed by atoms with van der Waals surface area (Å²) in [5.41, 5.74) is 15.0. The Morgan fingerprint density at radius 1 is 0.405 bits per heavy atom. The molecule has 0 saturated carbocycles. The summed E-state index contributed by atoms with van der Waals surface area (Å²) in [6.07, 6.45) is 0. The maximum absolute atomic E-state index is 3.82. The van der Waals surface area contributed by atoms with Crippen LogP contribution in [0.5, 0.6) is 0 Å². The largest absolute Gasteiger partial charge is 0.355 e. The molecular formula is C41H27N. The zero-order chi connectivity index (χ0) is 27.7. The number of anilines is 2. The van der Waals surface area contributed by atoms with Gasteiger partial charge in [0, 0.05) is 16.9 Å². The fraction of sp³-hybridized carbons (Fsp3) is 0.0244. The first-order valence-corrected chi connectivity index (χ1v) is 14.6. The van der Waals surface area contributed by atoms with Crippen molar-refractivity contribution in [3.8, 4) is 33.4 Å². The van der Waals surface area contributed by atoms with Crippen LogP contribution in [-0.4, -0.2) is 0 Å². The molecule has 42 heavy (non-hydrogen) atoms. The first kappa shape index (κ1) is 23.3. The average molecular weight is 534 g/mol. The van der Waals surface area contributed by atoms with Crippen molar-refractivity contribution < 1.29 is 0 Å². The van der Waals surface area contributed by atoms with E-state index in [4.69, 9.17) is 0 Å². The first-order chi connectivity index (χ1) is 20.8. The zero-order valence-electron chi connectivity index (χ0n) is 23.0. The Kier molecular flexibility index (Phi) is 4.88. The van der Waals surface area contributed by atoms with Crippen LogP contribution in [0.3, 0.4) is 0 Å². The van der Waals surface area contributed by atoms with Crippen LogP contribution >= 0.6 is 0 Å². The fourth-order valence-corrected chi connectivity index (χ4v) is 7.61. The van der Waals surface area contributed by atoms with Crippen LogP contribution in [0.15, 0.2) is 158 Å². The highest BCUT2D eigenvalue weighted by atomic mass is 14.9. The van der Waals surface area contributed by atoms with E-state index in [9.17, 15) is 0 Å². The van der Waals surface area contributed by atoms with E-state index in [1.54, 1.807) is 0 Å². The van der Waals surface area contributed by atoms with Crippen molar-refractivity contribution in [2.75, 3.05) is 5.32 Å². The topological polar surface area (TPSA) is 12.0 Å². The molecule has 0 aliphatic heterocycles. The van der Waals surface area contributed by atoms with Gasteiger partial charge < -0.3 is 5.32 Å². The summed E-state index contributed by atoms with van der Waals surface area (Å²) >= 11 is 0. The number of fused-ring (bicyclic) bond motifs is 12. The van der Waals surface area contributed by atoms with Gasteiger partial charge >= 0.3 is 0 Å². The number of rotatable bonds is 3. The summed E-state index contributed by atoms with van der Waals surface area (Å²) in [6.45, 7) is 0. The van der Waals surface area contributed by atoms with Crippen molar-refractivity contribution in [3.05, 3.63) is 180 Å². The molecule has 1 unspecified atom stereocenters. The lowest BCUT2D eigenvalue weighted by Crippen LogP contribution is -2.26. The lowest BCUT2D eigenvalue weighted by molar-refractivity contribution is 0.801. The van der Waals surface area contributed by atoms with E-state index in [1.165, 1.54) is 66.4 Å². The fourth-order valence-electron chi connectivity index (χ4n) is 7.61. The van der Waals surface area contributed by atoms with E-state index in [0.717, 1.165) is 11.4 Å². The van der Waals surface area contributed by atoms with Gasteiger partial charge in [-0.25, -0.2) is 0 Å². The van der Waals surface area contributed by atoms with Crippen molar-refractivity contribution in [3.63, 3.8) is 0 Å². The summed E-state index contributed by atoms with van der Waals surface area (Å²) in [4.78, 5) is 0. The van der Waals surface area contributed by atoms with E-state index < -0.39 is 5.41 Å². The number of para-hydroxylation sites is 1. The lowest BCUT2D eigenvalue weighted by atomic mass is 9.69. The molecule has 0 aromatic heterocycles. The van der Waals surface area contributed by atoms with E-state index in [0.29, 0.717) is 0 Å². The van der Waals surface area contributed by atoms with Crippen LogP contribution in [-0.2, 0) is 5.41 Å². The monoisotopic (exact) mass is 533 g/mol. The van der Waals surface area contributed by atoms with Gasteiger partial charge in [-0.3, -0.25) is 0 Å². The number of hydrogen-bond donors (Lipinski definition) is 1. The van der Waals surface area contributed by atoms with Gasteiger partial charge in [-0.1, -0.05) is 140 Å². The molecule has 1 nitrogen and oxygen atoms in total. The third-order valence-electron chi connectivity index (χ3n) is 9.26.